The van der Waals surface area contributed by atoms with Gasteiger partial charge in [-0.2, -0.15) is 0 Å². The van der Waals surface area contributed by atoms with Crippen molar-refractivity contribution in [2.24, 2.45) is 4.99 Å². The molecule has 40 heavy (non-hydrogen) atoms. The number of hydrogen-bond acceptors (Lipinski definition) is 8. The molecule has 1 aliphatic heterocycles. The van der Waals surface area contributed by atoms with E-state index in [-0.39, 0.29) is 22.9 Å². The average Bonchev–Trinajstić information content (AvgIpc) is 3.26. The predicted octanol–water partition coefficient (Wildman–Crippen LogP) is 3.80. The van der Waals surface area contributed by atoms with E-state index >= 15 is 0 Å². The van der Waals surface area contributed by atoms with Gasteiger partial charge < -0.3 is 14.8 Å². The average molecular weight is 557 g/mol. The van der Waals surface area contributed by atoms with Gasteiger partial charge in [0.2, 0.25) is 0 Å². The molecule has 0 saturated heterocycles. The number of carbonyl (C=O) groups is 1. The number of nitro benzene ring substituents is 1. The fraction of sp³-hybridized carbons (Fsp3) is 0.138. The molecule has 3 aromatic carbocycles. The summed E-state index contributed by atoms with van der Waals surface area (Å²) in [6.07, 6.45) is 1.57. The van der Waals surface area contributed by atoms with E-state index in [0.29, 0.717) is 43.2 Å². The first-order valence-corrected chi connectivity index (χ1v) is 13.0. The van der Waals surface area contributed by atoms with Crippen LogP contribution in [0, 0.1) is 10.1 Å². The molecule has 0 unspecified atom stereocenters. The van der Waals surface area contributed by atoms with Crippen LogP contribution in [0.3, 0.4) is 0 Å². The fourth-order valence-corrected chi connectivity index (χ4v) is 5.60. The monoisotopic (exact) mass is 556 g/mol. The van der Waals surface area contributed by atoms with Gasteiger partial charge in [-0.05, 0) is 54.5 Å². The van der Waals surface area contributed by atoms with Crippen molar-refractivity contribution in [3.05, 3.63) is 125 Å². The molecular formula is C29H24N4O6S. The molecule has 1 amide bonds. The lowest BCUT2D eigenvalue weighted by molar-refractivity contribution is -0.385. The molecule has 0 saturated carbocycles. The number of nitro groups is 1. The number of amides is 1. The van der Waals surface area contributed by atoms with Crippen LogP contribution in [-0.4, -0.2) is 29.6 Å². The molecule has 0 radical (unpaired) electrons. The number of benzene rings is 3. The minimum atomic E-state index is -0.789. The molecule has 202 valence electrons. The maximum Gasteiger partial charge on any atom is 0.311 e. The Labute approximate surface area is 232 Å². The number of aromatic nitrogens is 1. The Morgan fingerprint density at radius 2 is 1.85 bits per heavy atom. The largest absolute Gasteiger partial charge is 0.497 e. The summed E-state index contributed by atoms with van der Waals surface area (Å²) < 4.78 is 12.3. The molecule has 5 rings (SSSR count). The lowest BCUT2D eigenvalue weighted by Gasteiger charge is -2.25. The highest BCUT2D eigenvalue weighted by atomic mass is 32.1. The van der Waals surface area contributed by atoms with Crippen LogP contribution >= 0.6 is 11.3 Å². The number of nitrogens with one attached hydrogen (secondary N) is 1. The van der Waals surface area contributed by atoms with E-state index < -0.39 is 11.0 Å². The van der Waals surface area contributed by atoms with Crippen LogP contribution in [0.2, 0.25) is 0 Å². The molecule has 10 nitrogen and oxygen atoms in total. The van der Waals surface area contributed by atoms with Crippen molar-refractivity contribution in [1.82, 2.24) is 4.57 Å². The molecule has 0 aliphatic carbocycles. The van der Waals surface area contributed by atoms with Crippen LogP contribution in [0.4, 0.5) is 11.4 Å². The minimum absolute atomic E-state index is 0.117. The second-order valence-corrected chi connectivity index (χ2v) is 9.88. The summed E-state index contributed by atoms with van der Waals surface area (Å²) in [5.41, 5.74) is 1.91. The number of thiazole rings is 1. The Hall–Kier alpha value is -5.03. The molecule has 0 fully saturated rings. The number of fused-ring (bicyclic) bond motifs is 1. The Bertz CT molecular complexity index is 1840. The first-order valence-electron chi connectivity index (χ1n) is 12.2. The van der Waals surface area contributed by atoms with Crippen molar-refractivity contribution in [3.8, 4) is 11.5 Å². The smallest absolute Gasteiger partial charge is 0.311 e. The van der Waals surface area contributed by atoms with E-state index in [4.69, 9.17) is 9.47 Å². The number of methoxy groups -OCH3 is 2. The Balaban J connectivity index is 1.68. The number of allylic oxidation sites excluding steroid dienone is 1. The van der Waals surface area contributed by atoms with Gasteiger partial charge in [0.05, 0.1) is 41.0 Å². The number of para-hydroxylation sites is 1. The van der Waals surface area contributed by atoms with Crippen molar-refractivity contribution in [2.45, 2.75) is 13.0 Å². The minimum Gasteiger partial charge on any atom is -0.497 e. The van der Waals surface area contributed by atoms with Crippen LogP contribution in [-0.2, 0) is 4.79 Å². The third-order valence-electron chi connectivity index (χ3n) is 6.40. The van der Waals surface area contributed by atoms with Crippen LogP contribution in [0.1, 0.15) is 24.1 Å². The highest BCUT2D eigenvalue weighted by Gasteiger charge is 2.32. The molecule has 1 aliphatic rings. The summed E-state index contributed by atoms with van der Waals surface area (Å²) in [7, 11) is 2.90. The van der Waals surface area contributed by atoms with Crippen molar-refractivity contribution in [2.75, 3.05) is 19.5 Å². The van der Waals surface area contributed by atoms with Gasteiger partial charge in [-0.15, -0.1) is 0 Å². The highest BCUT2D eigenvalue weighted by Crippen LogP contribution is 2.32. The van der Waals surface area contributed by atoms with E-state index in [1.807, 2.05) is 24.3 Å². The number of ether oxygens (including phenoxy) is 2. The quantitative estimate of drug-likeness (QED) is 0.273. The van der Waals surface area contributed by atoms with Crippen LogP contribution < -0.4 is 29.7 Å². The van der Waals surface area contributed by atoms with Gasteiger partial charge in [-0.1, -0.05) is 47.7 Å². The maximum absolute atomic E-state index is 13.9. The molecule has 4 aromatic rings. The standard InChI is InChI=1S/C29H24N4O6S/c1-17-25(27(34)31-20-9-5-4-6-10-20)26(19-8-7-11-21(16-19)38-2)32-28(35)24(40-29(32)30-17)15-18-12-13-23(39-3)22(14-18)33(36)37/h4-16,26H,1-3H3,(H,31,34)/b24-15-/t26-/m0/s1. The molecule has 0 bridgehead atoms. The Morgan fingerprint density at radius 1 is 1.07 bits per heavy atom. The summed E-state index contributed by atoms with van der Waals surface area (Å²) >= 11 is 1.14. The summed E-state index contributed by atoms with van der Waals surface area (Å²) in [5, 5.41) is 14.4. The van der Waals surface area contributed by atoms with E-state index in [1.165, 1.54) is 23.8 Å². The van der Waals surface area contributed by atoms with Gasteiger partial charge in [0.1, 0.15) is 5.75 Å². The van der Waals surface area contributed by atoms with Crippen LogP contribution in [0.15, 0.2) is 93.9 Å². The van der Waals surface area contributed by atoms with E-state index in [0.717, 1.165) is 11.3 Å². The zero-order valence-electron chi connectivity index (χ0n) is 21.8. The van der Waals surface area contributed by atoms with E-state index in [2.05, 4.69) is 10.3 Å². The van der Waals surface area contributed by atoms with Gasteiger partial charge in [0, 0.05) is 11.8 Å². The van der Waals surface area contributed by atoms with Crippen LogP contribution in [0.5, 0.6) is 11.5 Å². The van der Waals surface area contributed by atoms with Gasteiger partial charge in [-0.3, -0.25) is 24.3 Å². The highest BCUT2D eigenvalue weighted by molar-refractivity contribution is 7.07. The van der Waals surface area contributed by atoms with Gasteiger partial charge in [-0.25, -0.2) is 4.99 Å². The summed E-state index contributed by atoms with van der Waals surface area (Å²) in [4.78, 5) is 43.5. The lowest BCUT2D eigenvalue weighted by atomic mass is 9.95. The first-order chi connectivity index (χ1) is 19.3. The molecule has 2 heterocycles. The zero-order chi connectivity index (χ0) is 28.4. The first kappa shape index (κ1) is 26.6. The molecule has 1 aromatic heterocycles. The normalized spacial score (nSPS) is 14.8. The van der Waals surface area contributed by atoms with Gasteiger partial charge in [0.15, 0.2) is 10.6 Å². The van der Waals surface area contributed by atoms with Crippen molar-refractivity contribution in [3.63, 3.8) is 0 Å². The molecule has 1 atom stereocenters. The summed E-state index contributed by atoms with van der Waals surface area (Å²) in [6.45, 7) is 1.73. The molecular weight excluding hydrogens is 532 g/mol. The van der Waals surface area contributed by atoms with Gasteiger partial charge in [0.25, 0.3) is 11.5 Å². The Morgan fingerprint density at radius 3 is 2.55 bits per heavy atom. The zero-order valence-corrected chi connectivity index (χ0v) is 22.6. The predicted molar refractivity (Wildman–Crippen MR) is 151 cm³/mol. The number of hydrogen-bond donors (Lipinski definition) is 1. The van der Waals surface area contributed by atoms with Crippen molar-refractivity contribution < 1.29 is 19.2 Å². The SMILES string of the molecule is COc1cccc([C@H]2C(C(=O)Nc3ccccc3)=C(C)N=c3s/c(=C\c4ccc(OC)c([N+](=O)[O-])c4)c(=O)n32)c1. The van der Waals surface area contributed by atoms with Crippen molar-refractivity contribution >= 4 is 34.7 Å². The molecule has 0 spiro atoms. The maximum atomic E-state index is 13.9. The third-order valence-corrected chi connectivity index (χ3v) is 7.39. The summed E-state index contributed by atoms with van der Waals surface area (Å²) in [6, 6.07) is 19.9. The van der Waals surface area contributed by atoms with E-state index in [9.17, 15) is 19.7 Å². The third kappa shape index (κ3) is 5.02. The number of nitrogens with zero attached hydrogens (tertiary/aromatic N) is 3. The topological polar surface area (TPSA) is 125 Å². The number of rotatable bonds is 7. The van der Waals surface area contributed by atoms with E-state index in [1.54, 1.807) is 56.5 Å². The van der Waals surface area contributed by atoms with Crippen LogP contribution in [0.25, 0.3) is 6.08 Å². The number of carbonyl (C=O) groups excluding carboxylic acids is 1. The second-order valence-electron chi connectivity index (χ2n) is 8.87. The second kappa shape index (κ2) is 11.0. The lowest BCUT2D eigenvalue weighted by Crippen LogP contribution is -2.40. The fourth-order valence-electron chi connectivity index (χ4n) is 4.55. The Kier molecular flexibility index (Phi) is 7.30. The summed E-state index contributed by atoms with van der Waals surface area (Å²) in [5.74, 6) is 0.300. The van der Waals surface area contributed by atoms with Gasteiger partial charge >= 0.3 is 5.69 Å². The van der Waals surface area contributed by atoms with Crippen molar-refractivity contribution in [1.29, 1.82) is 0 Å². The molecule has 11 heteroatoms. The number of anilines is 1. The molecule has 1 N–H and O–H groups in total.